The lowest BCUT2D eigenvalue weighted by Crippen LogP contribution is -2.71. The first-order valence-electron chi connectivity index (χ1n) is 22.6. The number of rotatable bonds is 16. The number of hydrogen-bond acceptors (Lipinski definition) is 6. The average Bonchev–Trinajstić information content (AvgIpc) is 3.27. The lowest BCUT2D eigenvalue weighted by atomic mass is 10.0. The van der Waals surface area contributed by atoms with Crippen LogP contribution in [0.5, 0.6) is 0 Å². The minimum atomic E-state index is 0.747. The second-order valence-electron chi connectivity index (χ2n) is 15.5. The number of benzene rings is 5. The SMILES string of the molecule is CC.CC.CC1=CC(=Nc2cc(C)c(NCCCCCCCCCNc3cc4c(cc3C)nc3cc(C)c(N)cc3[n+]4-c3ccccc3)cc2[NH2+]c2ccccc2)CC=C1N. The summed E-state index contributed by atoms with van der Waals surface area (Å²) in [4.78, 5) is 10.2. The van der Waals surface area contributed by atoms with Crippen molar-refractivity contribution >= 4 is 61.9 Å². The molecular weight excluding hydrogens is 749 g/mol. The summed E-state index contributed by atoms with van der Waals surface area (Å²) in [6.07, 6.45) is 13.5. The molecule has 0 aliphatic heterocycles. The number of anilines is 3. The molecule has 0 saturated carbocycles. The van der Waals surface area contributed by atoms with E-state index in [-0.39, 0.29) is 0 Å². The average molecular weight is 819 g/mol. The standard InChI is InChI=1S/C49H56N8.2C2H6/c1-33-26-38(22-23-40(33)50)55-44-28-35(3)42(31-45(44)54-37-18-12-10-13-19-37)52-24-16-8-6-5-7-9-17-25-53-43-32-49-47(29-36(43)4)56-46-27-34(2)41(51)30-48(46)57(49)39-20-14-11-15-21-39;2*1-2/h10-15,18-21,23,26-32,52,54H,5-9,16-17,22,24-25,50H2,1-4H3,(H2,51,53);2*1-2H3/p+2. The molecule has 0 amide bonds. The van der Waals surface area contributed by atoms with Gasteiger partial charge in [-0.2, -0.15) is 0 Å². The smallest absolute Gasteiger partial charge is 0.239 e. The molecule has 320 valence electrons. The fourth-order valence-electron chi connectivity index (χ4n) is 7.64. The lowest BCUT2D eigenvalue weighted by molar-refractivity contribution is -0.538. The van der Waals surface area contributed by atoms with Crippen LogP contribution in [0.15, 0.2) is 125 Å². The van der Waals surface area contributed by atoms with E-state index in [0.29, 0.717) is 0 Å². The van der Waals surface area contributed by atoms with Gasteiger partial charge in [-0.1, -0.05) is 102 Å². The Morgan fingerprint density at radius 2 is 1.18 bits per heavy atom. The van der Waals surface area contributed by atoms with Crippen molar-refractivity contribution in [2.75, 3.05) is 29.5 Å². The van der Waals surface area contributed by atoms with Crippen molar-refractivity contribution in [3.8, 4) is 5.69 Å². The van der Waals surface area contributed by atoms with Crippen LogP contribution in [0.3, 0.4) is 0 Å². The highest BCUT2D eigenvalue weighted by Gasteiger charge is 2.22. The van der Waals surface area contributed by atoms with Gasteiger partial charge in [0, 0.05) is 78.3 Å². The molecule has 0 bridgehead atoms. The highest BCUT2D eigenvalue weighted by atomic mass is 15.0. The van der Waals surface area contributed by atoms with Crippen LogP contribution in [0.1, 0.15) is 103 Å². The maximum atomic E-state index is 6.40. The Morgan fingerprint density at radius 3 is 1.80 bits per heavy atom. The van der Waals surface area contributed by atoms with Crippen LogP contribution in [-0.2, 0) is 0 Å². The van der Waals surface area contributed by atoms with Gasteiger partial charge in [-0.25, -0.2) is 9.98 Å². The van der Waals surface area contributed by atoms with Crippen molar-refractivity contribution in [3.63, 3.8) is 0 Å². The normalized spacial score (nSPS) is 12.9. The number of aromatic nitrogens is 2. The fourth-order valence-corrected chi connectivity index (χ4v) is 7.64. The number of allylic oxidation sites excluding steroid dienone is 3. The minimum absolute atomic E-state index is 0.747. The Morgan fingerprint density at radius 1 is 0.639 bits per heavy atom. The first kappa shape index (κ1) is 46.1. The van der Waals surface area contributed by atoms with Crippen molar-refractivity contribution < 1.29 is 9.88 Å². The van der Waals surface area contributed by atoms with Gasteiger partial charge in [-0.05, 0) is 99.2 Å². The van der Waals surface area contributed by atoms with Crippen molar-refractivity contribution in [2.45, 2.75) is 107 Å². The van der Waals surface area contributed by atoms with Gasteiger partial charge in [0.1, 0.15) is 22.4 Å². The van der Waals surface area contributed by atoms with Gasteiger partial charge in [-0.3, -0.25) is 5.32 Å². The number of quaternary nitrogens is 1. The molecule has 8 heteroatoms. The molecule has 1 aliphatic carbocycles. The highest BCUT2D eigenvalue weighted by Crippen LogP contribution is 2.31. The van der Waals surface area contributed by atoms with Gasteiger partial charge in [0.25, 0.3) is 0 Å². The van der Waals surface area contributed by atoms with E-state index in [1.165, 1.54) is 48.9 Å². The predicted molar refractivity (Wildman–Crippen MR) is 263 cm³/mol. The van der Waals surface area contributed by atoms with Crippen molar-refractivity contribution in [1.29, 1.82) is 0 Å². The molecule has 0 fully saturated rings. The number of para-hydroxylation sites is 2. The zero-order valence-electron chi connectivity index (χ0n) is 38.0. The van der Waals surface area contributed by atoms with Crippen LogP contribution in [0, 0.1) is 20.8 Å². The summed E-state index contributed by atoms with van der Waals surface area (Å²) in [5.74, 6) is 0. The van der Waals surface area contributed by atoms with Gasteiger partial charge >= 0.3 is 0 Å². The maximum Gasteiger partial charge on any atom is 0.239 e. The highest BCUT2D eigenvalue weighted by molar-refractivity contribution is 6.00. The topological polar surface area (TPSA) is 122 Å². The summed E-state index contributed by atoms with van der Waals surface area (Å²) < 4.78 is 2.29. The predicted octanol–water partition coefficient (Wildman–Crippen LogP) is 12.3. The van der Waals surface area contributed by atoms with E-state index in [1.807, 2.05) is 41.5 Å². The van der Waals surface area contributed by atoms with Crippen LogP contribution in [0.2, 0.25) is 0 Å². The number of nitrogens with two attached hydrogens (primary N) is 3. The number of aryl methyl sites for hydroxylation is 3. The summed E-state index contributed by atoms with van der Waals surface area (Å²) >= 11 is 0. The molecule has 1 aromatic heterocycles. The van der Waals surface area contributed by atoms with Crippen LogP contribution in [0.4, 0.5) is 34.1 Å². The largest absolute Gasteiger partial charge is 0.399 e. The molecule has 8 nitrogen and oxygen atoms in total. The number of hydrogen-bond donors (Lipinski definition) is 5. The zero-order valence-corrected chi connectivity index (χ0v) is 38.0. The summed E-state index contributed by atoms with van der Waals surface area (Å²) in [7, 11) is 0. The van der Waals surface area contributed by atoms with Crippen LogP contribution in [0.25, 0.3) is 27.8 Å². The van der Waals surface area contributed by atoms with E-state index in [9.17, 15) is 0 Å². The van der Waals surface area contributed by atoms with Crippen LogP contribution >= 0.6 is 0 Å². The molecule has 5 aromatic carbocycles. The number of nitrogen functional groups attached to an aromatic ring is 1. The number of nitrogens with one attached hydrogen (secondary N) is 2. The Hall–Kier alpha value is -5.99. The van der Waals surface area contributed by atoms with Gasteiger partial charge in [0.15, 0.2) is 5.69 Å². The second kappa shape index (κ2) is 23.1. The molecule has 61 heavy (non-hydrogen) atoms. The monoisotopic (exact) mass is 819 g/mol. The molecule has 1 heterocycles. The molecule has 0 saturated heterocycles. The molecule has 8 N–H and O–H groups in total. The van der Waals surface area contributed by atoms with Crippen LogP contribution in [-0.4, -0.2) is 23.8 Å². The number of aliphatic imine (C=N–C) groups is 1. The minimum Gasteiger partial charge on any atom is -0.399 e. The molecule has 7 rings (SSSR count). The third-order valence-corrected chi connectivity index (χ3v) is 11.0. The summed E-state index contributed by atoms with van der Waals surface area (Å²) in [5.41, 5.74) is 30.4. The maximum absolute atomic E-state index is 6.40. The third-order valence-electron chi connectivity index (χ3n) is 11.0. The van der Waals surface area contributed by atoms with E-state index in [2.05, 4.69) is 144 Å². The van der Waals surface area contributed by atoms with E-state index < -0.39 is 0 Å². The fraction of sp³-hybridized carbons (Fsp3) is 0.340. The van der Waals surface area contributed by atoms with Gasteiger partial charge in [0.2, 0.25) is 16.7 Å². The van der Waals surface area contributed by atoms with Crippen molar-refractivity contribution in [3.05, 3.63) is 137 Å². The first-order chi connectivity index (χ1) is 29.7. The summed E-state index contributed by atoms with van der Waals surface area (Å²) in [5, 5.41) is 9.70. The molecule has 0 atom stereocenters. The van der Waals surface area contributed by atoms with E-state index in [0.717, 1.165) is 111 Å². The number of unbranched alkanes of at least 4 members (excludes halogenated alkanes) is 6. The van der Waals surface area contributed by atoms with E-state index >= 15 is 0 Å². The molecule has 1 aliphatic rings. The van der Waals surface area contributed by atoms with Crippen molar-refractivity contribution in [2.24, 2.45) is 10.7 Å². The van der Waals surface area contributed by atoms with Crippen molar-refractivity contribution in [1.82, 2.24) is 4.98 Å². The number of nitrogens with zero attached hydrogens (tertiary/aromatic N) is 3. The Balaban J connectivity index is 0.00000171. The molecule has 0 unspecified atom stereocenters. The van der Waals surface area contributed by atoms with Gasteiger partial charge in [-0.15, -0.1) is 4.57 Å². The Labute approximate surface area is 365 Å². The van der Waals surface area contributed by atoms with Gasteiger partial charge < -0.3 is 22.1 Å². The van der Waals surface area contributed by atoms with E-state index in [1.54, 1.807) is 0 Å². The third kappa shape index (κ3) is 12.3. The quantitative estimate of drug-likeness (QED) is 0.0288. The van der Waals surface area contributed by atoms with Crippen LogP contribution < -0.4 is 32.0 Å². The molecular formula is C53H70N8+2. The van der Waals surface area contributed by atoms with E-state index in [4.69, 9.17) is 21.4 Å². The molecule has 0 spiro atoms. The lowest BCUT2D eigenvalue weighted by Gasteiger charge is -2.14. The molecule has 6 aromatic rings. The molecule has 0 radical (unpaired) electrons. The first-order valence-corrected chi connectivity index (χ1v) is 22.6. The Kier molecular flexibility index (Phi) is 17.5. The number of fused-ring (bicyclic) bond motifs is 2. The Bertz CT molecular complexity index is 2450. The van der Waals surface area contributed by atoms with Gasteiger partial charge in [0.05, 0.1) is 0 Å². The second-order valence-corrected chi connectivity index (χ2v) is 15.5. The summed E-state index contributed by atoms with van der Waals surface area (Å²) in [6, 6.07) is 34.0. The zero-order chi connectivity index (χ0) is 43.7. The summed E-state index contributed by atoms with van der Waals surface area (Å²) in [6.45, 7) is 18.3.